The van der Waals surface area contributed by atoms with Crippen molar-refractivity contribution in [3.05, 3.63) is 96.1 Å². The highest BCUT2D eigenvalue weighted by molar-refractivity contribution is 5.90. The first-order valence-electron chi connectivity index (χ1n) is 8.43. The van der Waals surface area contributed by atoms with Crippen LogP contribution in [-0.4, -0.2) is 5.71 Å². The summed E-state index contributed by atoms with van der Waals surface area (Å²) in [6.07, 6.45) is 3.03. The molecule has 0 unspecified atom stereocenters. The Hall–Kier alpha value is -2.87. The fourth-order valence-corrected chi connectivity index (χ4v) is 3.19. The summed E-state index contributed by atoms with van der Waals surface area (Å²) in [7, 11) is 0. The smallest absolute Gasteiger partial charge is 0.0652 e. The average Bonchev–Trinajstić information content (AvgIpc) is 2.67. The summed E-state index contributed by atoms with van der Waals surface area (Å²) < 4.78 is 0. The van der Waals surface area contributed by atoms with Crippen LogP contribution in [0.2, 0.25) is 0 Å². The second-order valence-corrected chi connectivity index (χ2v) is 6.09. The Labute approximate surface area is 143 Å². The Morgan fingerprint density at radius 2 is 1.12 bits per heavy atom. The van der Waals surface area contributed by atoms with Crippen molar-refractivity contribution < 1.29 is 0 Å². The van der Waals surface area contributed by atoms with Crippen LogP contribution in [0.25, 0.3) is 0 Å². The first kappa shape index (κ1) is 14.7. The summed E-state index contributed by atoms with van der Waals surface area (Å²) in [5.74, 6) is 0. The largest absolute Gasteiger partial charge is 0.234 e. The lowest BCUT2D eigenvalue weighted by molar-refractivity contribution is 0.923. The molecule has 0 bridgehead atoms. The minimum absolute atomic E-state index is 0.937. The second kappa shape index (κ2) is 6.71. The molecule has 0 heterocycles. The maximum Gasteiger partial charge on any atom is 0.0652 e. The van der Waals surface area contributed by atoms with Crippen molar-refractivity contribution in [3.63, 3.8) is 0 Å². The van der Waals surface area contributed by atoms with Gasteiger partial charge in [-0.25, -0.2) is 5.01 Å². The lowest BCUT2D eigenvalue weighted by atomic mass is 9.90. The van der Waals surface area contributed by atoms with Crippen molar-refractivity contribution in [1.82, 2.24) is 0 Å². The third-order valence-corrected chi connectivity index (χ3v) is 4.44. The van der Waals surface area contributed by atoms with Gasteiger partial charge in [-0.15, -0.1) is 0 Å². The van der Waals surface area contributed by atoms with Gasteiger partial charge in [0.25, 0.3) is 0 Å². The third-order valence-electron chi connectivity index (χ3n) is 4.44. The Bertz CT molecular complexity index is 799. The van der Waals surface area contributed by atoms with Crippen molar-refractivity contribution in [2.24, 2.45) is 5.10 Å². The minimum Gasteiger partial charge on any atom is -0.234 e. The van der Waals surface area contributed by atoms with E-state index in [-0.39, 0.29) is 0 Å². The number of para-hydroxylation sites is 2. The van der Waals surface area contributed by atoms with Crippen LogP contribution in [0, 0.1) is 0 Å². The van der Waals surface area contributed by atoms with Crippen LogP contribution < -0.4 is 5.01 Å². The third kappa shape index (κ3) is 3.09. The number of anilines is 2. The zero-order chi connectivity index (χ0) is 16.2. The summed E-state index contributed by atoms with van der Waals surface area (Å²) in [6, 6.07) is 29.4. The Morgan fingerprint density at radius 1 is 0.583 bits per heavy atom. The SMILES string of the molecule is c1ccc(N(N=C2CCc3ccccc3C2)c2ccccc2)cc1. The fourth-order valence-electron chi connectivity index (χ4n) is 3.19. The van der Waals surface area contributed by atoms with Gasteiger partial charge in [0.2, 0.25) is 0 Å². The molecule has 1 aliphatic carbocycles. The Balaban J connectivity index is 1.70. The van der Waals surface area contributed by atoms with E-state index in [1.807, 2.05) is 12.1 Å². The molecule has 0 radical (unpaired) electrons. The van der Waals surface area contributed by atoms with E-state index in [4.69, 9.17) is 5.10 Å². The van der Waals surface area contributed by atoms with Crippen LogP contribution in [0.1, 0.15) is 17.5 Å². The van der Waals surface area contributed by atoms with Crippen molar-refractivity contribution in [2.75, 3.05) is 5.01 Å². The molecule has 24 heavy (non-hydrogen) atoms. The molecular weight excluding hydrogens is 292 g/mol. The topological polar surface area (TPSA) is 15.6 Å². The molecule has 3 aromatic rings. The van der Waals surface area contributed by atoms with Gasteiger partial charge in [0.05, 0.1) is 11.4 Å². The van der Waals surface area contributed by atoms with E-state index in [2.05, 4.69) is 77.8 Å². The number of benzene rings is 3. The van der Waals surface area contributed by atoms with Gasteiger partial charge in [0.15, 0.2) is 0 Å². The number of aryl methyl sites for hydroxylation is 1. The normalized spacial score (nSPS) is 15.1. The van der Waals surface area contributed by atoms with Crippen LogP contribution in [0.15, 0.2) is 90.0 Å². The minimum atomic E-state index is 0.937. The number of nitrogens with zero attached hydrogens (tertiary/aromatic N) is 2. The molecule has 0 N–H and O–H groups in total. The molecule has 2 nitrogen and oxygen atoms in total. The standard InChI is InChI=1S/C22H20N2/c1-3-11-21(12-4-1)24(22-13-5-2-6-14-22)23-20-16-15-18-9-7-8-10-19(18)17-20/h1-14H,15-17H2. The molecule has 0 fully saturated rings. The van der Waals surface area contributed by atoms with Crippen molar-refractivity contribution >= 4 is 17.1 Å². The molecule has 4 rings (SSSR count). The van der Waals surface area contributed by atoms with E-state index in [1.165, 1.54) is 16.8 Å². The van der Waals surface area contributed by atoms with Gasteiger partial charge < -0.3 is 0 Å². The maximum atomic E-state index is 5.02. The van der Waals surface area contributed by atoms with Crippen LogP contribution in [-0.2, 0) is 12.8 Å². The number of rotatable bonds is 3. The van der Waals surface area contributed by atoms with E-state index >= 15 is 0 Å². The van der Waals surface area contributed by atoms with E-state index in [1.54, 1.807) is 0 Å². The van der Waals surface area contributed by atoms with Gasteiger partial charge in [-0.2, -0.15) is 5.10 Å². The summed E-state index contributed by atoms with van der Waals surface area (Å²) >= 11 is 0. The van der Waals surface area contributed by atoms with Crippen LogP contribution >= 0.6 is 0 Å². The van der Waals surface area contributed by atoms with Gasteiger partial charge in [0, 0.05) is 12.1 Å². The molecule has 0 atom stereocenters. The zero-order valence-corrected chi connectivity index (χ0v) is 13.6. The van der Waals surface area contributed by atoms with Gasteiger partial charge in [-0.3, -0.25) is 0 Å². The molecule has 2 heteroatoms. The maximum absolute atomic E-state index is 5.02. The molecule has 0 aromatic heterocycles. The fraction of sp³-hybridized carbons (Fsp3) is 0.136. The first-order valence-corrected chi connectivity index (χ1v) is 8.43. The lowest BCUT2D eigenvalue weighted by Crippen LogP contribution is -2.19. The molecule has 3 aromatic carbocycles. The highest BCUT2D eigenvalue weighted by Gasteiger charge is 2.16. The van der Waals surface area contributed by atoms with Crippen molar-refractivity contribution in [1.29, 1.82) is 0 Å². The Morgan fingerprint density at radius 3 is 1.75 bits per heavy atom. The van der Waals surface area contributed by atoms with Gasteiger partial charge in [-0.05, 0) is 48.2 Å². The second-order valence-electron chi connectivity index (χ2n) is 6.09. The number of hydrogen-bond donors (Lipinski definition) is 0. The summed E-state index contributed by atoms with van der Waals surface area (Å²) in [6.45, 7) is 0. The molecule has 0 spiro atoms. The monoisotopic (exact) mass is 312 g/mol. The van der Waals surface area contributed by atoms with E-state index in [0.717, 1.165) is 30.6 Å². The highest BCUT2D eigenvalue weighted by Crippen LogP contribution is 2.27. The summed E-state index contributed by atoms with van der Waals surface area (Å²) in [5, 5.41) is 7.08. The van der Waals surface area contributed by atoms with Crippen LogP contribution in [0.5, 0.6) is 0 Å². The van der Waals surface area contributed by atoms with Gasteiger partial charge >= 0.3 is 0 Å². The van der Waals surface area contributed by atoms with E-state index in [9.17, 15) is 0 Å². The number of hydrogen-bond acceptors (Lipinski definition) is 2. The van der Waals surface area contributed by atoms with Gasteiger partial charge in [0.1, 0.15) is 0 Å². The van der Waals surface area contributed by atoms with Crippen LogP contribution in [0.3, 0.4) is 0 Å². The first-order chi connectivity index (χ1) is 11.9. The van der Waals surface area contributed by atoms with Crippen molar-refractivity contribution in [3.8, 4) is 0 Å². The predicted octanol–water partition coefficient (Wildman–Crippen LogP) is 5.37. The molecule has 0 aliphatic heterocycles. The predicted molar refractivity (Wildman–Crippen MR) is 101 cm³/mol. The quantitative estimate of drug-likeness (QED) is 0.594. The lowest BCUT2D eigenvalue weighted by Gasteiger charge is -2.24. The molecule has 0 amide bonds. The van der Waals surface area contributed by atoms with Crippen molar-refractivity contribution in [2.45, 2.75) is 19.3 Å². The molecule has 1 aliphatic rings. The summed E-state index contributed by atoms with van der Waals surface area (Å²) in [5.41, 5.74) is 6.29. The van der Waals surface area contributed by atoms with Gasteiger partial charge in [-0.1, -0.05) is 60.7 Å². The molecule has 0 saturated heterocycles. The molecule has 0 saturated carbocycles. The molecule has 118 valence electrons. The average molecular weight is 312 g/mol. The number of hydrazone groups is 1. The number of fused-ring (bicyclic) bond motifs is 1. The van der Waals surface area contributed by atoms with E-state index in [0.29, 0.717) is 0 Å². The van der Waals surface area contributed by atoms with Crippen LogP contribution in [0.4, 0.5) is 11.4 Å². The highest BCUT2D eigenvalue weighted by atomic mass is 15.5. The Kier molecular flexibility index (Phi) is 4.11. The molecular formula is C22H20N2. The summed E-state index contributed by atoms with van der Waals surface area (Å²) in [4.78, 5) is 0. The van der Waals surface area contributed by atoms with E-state index < -0.39 is 0 Å². The zero-order valence-electron chi connectivity index (χ0n) is 13.6.